The maximum atomic E-state index is 12.1. The van der Waals surface area contributed by atoms with Crippen LogP contribution >= 0.6 is 0 Å². The van der Waals surface area contributed by atoms with Crippen LogP contribution in [0.15, 0.2) is 17.1 Å². The summed E-state index contributed by atoms with van der Waals surface area (Å²) in [5, 5.41) is 0. The monoisotopic (exact) mass is 326 g/mol. The van der Waals surface area contributed by atoms with Gasteiger partial charge in [0.2, 0.25) is 0 Å². The third kappa shape index (κ3) is 2.86. The summed E-state index contributed by atoms with van der Waals surface area (Å²) in [4.78, 5) is 21.4. The van der Waals surface area contributed by atoms with E-state index in [2.05, 4.69) is 10.5 Å². The Kier molecular flexibility index (Phi) is 4.39. The molecule has 2 saturated heterocycles. The second-order valence-corrected chi connectivity index (χ2v) is 6.04. The summed E-state index contributed by atoms with van der Waals surface area (Å²) in [5.74, 6) is 0.160. The number of nitrogens with two attached hydrogens (primary N) is 1. The second kappa shape index (κ2) is 6.17. The van der Waals surface area contributed by atoms with Gasteiger partial charge >= 0.3 is 5.69 Å². The van der Waals surface area contributed by atoms with Crippen molar-refractivity contribution in [2.24, 2.45) is 0 Å². The van der Waals surface area contributed by atoms with Crippen molar-refractivity contribution in [2.75, 3.05) is 26.0 Å². The van der Waals surface area contributed by atoms with Crippen LogP contribution in [0.5, 0.6) is 0 Å². The number of ether oxygens (including phenoxy) is 3. The van der Waals surface area contributed by atoms with E-state index in [1.165, 1.54) is 4.57 Å². The summed E-state index contributed by atoms with van der Waals surface area (Å²) in [5.41, 5.74) is 7.16. The lowest BCUT2D eigenvalue weighted by Crippen LogP contribution is -2.59. The summed E-state index contributed by atoms with van der Waals surface area (Å²) in [6.45, 7) is 4.61. The molecule has 2 aliphatic heterocycles. The molecule has 2 unspecified atom stereocenters. The quantitative estimate of drug-likeness (QED) is 0.741. The van der Waals surface area contributed by atoms with E-state index in [1.807, 2.05) is 13.8 Å². The summed E-state index contributed by atoms with van der Waals surface area (Å²) < 4.78 is 18.9. The molecule has 2 bridgehead atoms. The van der Waals surface area contributed by atoms with Gasteiger partial charge in [-0.15, -0.1) is 0 Å². The van der Waals surface area contributed by atoms with Crippen LogP contribution in [-0.2, 0) is 19.0 Å². The van der Waals surface area contributed by atoms with Gasteiger partial charge in [0.05, 0.1) is 19.3 Å². The number of aromatic nitrogens is 2. The van der Waals surface area contributed by atoms with E-state index >= 15 is 0 Å². The van der Waals surface area contributed by atoms with Gasteiger partial charge in [-0.25, -0.2) is 4.79 Å². The lowest BCUT2D eigenvalue weighted by molar-refractivity contribution is -0.182. The molecule has 1 aromatic heterocycles. The van der Waals surface area contributed by atoms with Crippen molar-refractivity contribution in [1.29, 1.82) is 0 Å². The highest BCUT2D eigenvalue weighted by atomic mass is 16.7. The van der Waals surface area contributed by atoms with Crippen molar-refractivity contribution < 1.29 is 19.0 Å². The van der Waals surface area contributed by atoms with Crippen molar-refractivity contribution >= 4 is 5.82 Å². The topological polar surface area (TPSA) is 110 Å². The Bertz CT molecular complexity index is 621. The van der Waals surface area contributed by atoms with Crippen LogP contribution < -0.4 is 16.9 Å². The third-order valence-electron chi connectivity index (χ3n) is 4.08. The largest absolute Gasteiger partial charge is 0.383 e. The first-order chi connectivity index (χ1) is 11.0. The van der Waals surface area contributed by atoms with E-state index in [-0.39, 0.29) is 18.0 Å². The second-order valence-electron chi connectivity index (χ2n) is 6.04. The predicted molar refractivity (Wildman–Crippen MR) is 80.5 cm³/mol. The van der Waals surface area contributed by atoms with Gasteiger partial charge in [-0.3, -0.25) is 9.40 Å². The van der Waals surface area contributed by atoms with Crippen LogP contribution in [0.2, 0.25) is 0 Å². The average molecular weight is 326 g/mol. The Morgan fingerprint density at radius 3 is 3.04 bits per heavy atom. The third-order valence-corrected chi connectivity index (χ3v) is 4.08. The number of methoxy groups -OCH3 is 1. The van der Waals surface area contributed by atoms with Gasteiger partial charge in [0.1, 0.15) is 17.5 Å². The van der Waals surface area contributed by atoms with Gasteiger partial charge in [-0.1, -0.05) is 0 Å². The number of nitrogen functional groups attached to an aromatic ring is 1. The molecule has 0 saturated carbocycles. The normalized spacial score (nSPS) is 33.3. The van der Waals surface area contributed by atoms with Crippen LogP contribution in [0.1, 0.15) is 20.1 Å². The zero-order valence-corrected chi connectivity index (χ0v) is 13.4. The van der Waals surface area contributed by atoms with E-state index < -0.39 is 23.6 Å². The smallest absolute Gasteiger partial charge is 0.351 e. The maximum Gasteiger partial charge on any atom is 0.351 e. The average Bonchev–Trinajstić information content (AvgIpc) is 2.67. The number of rotatable bonds is 5. The number of hydrogen-bond donors (Lipinski definition) is 2. The summed E-state index contributed by atoms with van der Waals surface area (Å²) in [6, 6.07) is 1.54. The molecule has 0 amide bonds. The molecule has 0 aliphatic carbocycles. The van der Waals surface area contributed by atoms with Gasteiger partial charge in [0.15, 0.2) is 12.3 Å². The molecule has 1 aromatic rings. The van der Waals surface area contributed by atoms with E-state index in [4.69, 9.17) is 24.8 Å². The van der Waals surface area contributed by atoms with Crippen molar-refractivity contribution in [1.82, 2.24) is 15.0 Å². The van der Waals surface area contributed by atoms with E-state index in [0.717, 1.165) is 0 Å². The number of nitrogens with zero attached hydrogens (tertiary/aromatic N) is 2. The predicted octanol–water partition coefficient (Wildman–Crippen LogP) is -0.563. The zero-order chi connectivity index (χ0) is 16.6. The number of hydroxylamine groups is 1. The molecule has 9 heteroatoms. The molecule has 0 aromatic carbocycles. The summed E-state index contributed by atoms with van der Waals surface area (Å²) in [6.07, 6.45) is 0.0333. The molecule has 3 N–H and O–H groups in total. The van der Waals surface area contributed by atoms with Crippen molar-refractivity contribution in [3.05, 3.63) is 22.7 Å². The minimum absolute atomic E-state index is 0.0479. The molecular weight excluding hydrogens is 304 g/mol. The van der Waals surface area contributed by atoms with Crippen molar-refractivity contribution in [2.45, 2.75) is 44.0 Å². The SMILES string of the molecule is COC1C2ONC[C@]1(COC(C)C)O[C@H]2n1ccc(N)nc1=O. The summed E-state index contributed by atoms with van der Waals surface area (Å²) in [7, 11) is 1.59. The molecule has 3 heterocycles. The highest BCUT2D eigenvalue weighted by molar-refractivity contribution is 5.23. The molecule has 3 rings (SSSR count). The van der Waals surface area contributed by atoms with Crippen molar-refractivity contribution in [3.63, 3.8) is 0 Å². The Morgan fingerprint density at radius 2 is 2.39 bits per heavy atom. The fraction of sp³-hybridized carbons (Fsp3) is 0.714. The number of nitrogens with one attached hydrogen (secondary N) is 1. The summed E-state index contributed by atoms with van der Waals surface area (Å²) >= 11 is 0. The van der Waals surface area contributed by atoms with Gasteiger partial charge in [0.25, 0.3) is 0 Å². The Hall–Kier alpha value is -1.52. The minimum Gasteiger partial charge on any atom is -0.383 e. The van der Waals surface area contributed by atoms with E-state index in [1.54, 1.807) is 19.4 Å². The standard InChI is InChI=1S/C14H22N4O5/c1-8(2)21-7-14-6-16-23-10(11(14)20-3)12(22-14)18-5-4-9(15)17-13(18)19/h4-5,8,10-12,16H,6-7H2,1-3H3,(H2,15,17,19)/t10?,11?,12-,14-/m1/s1. The number of fused-ring (bicyclic) bond motifs is 2. The van der Waals surface area contributed by atoms with E-state index in [9.17, 15) is 4.79 Å². The first-order valence-corrected chi connectivity index (χ1v) is 7.52. The van der Waals surface area contributed by atoms with Crippen LogP contribution in [0.4, 0.5) is 5.82 Å². The van der Waals surface area contributed by atoms with Crippen LogP contribution in [0.25, 0.3) is 0 Å². The molecule has 2 fully saturated rings. The first kappa shape index (κ1) is 16.3. The minimum atomic E-state index is -0.743. The Morgan fingerprint density at radius 1 is 1.61 bits per heavy atom. The van der Waals surface area contributed by atoms with Gasteiger partial charge in [-0.2, -0.15) is 10.5 Å². The maximum absolute atomic E-state index is 12.1. The number of anilines is 1. The molecular formula is C14H22N4O5. The molecule has 128 valence electrons. The molecule has 0 spiro atoms. The molecule has 0 radical (unpaired) electrons. The van der Waals surface area contributed by atoms with Gasteiger partial charge in [0, 0.05) is 13.3 Å². The first-order valence-electron chi connectivity index (χ1n) is 7.52. The van der Waals surface area contributed by atoms with Gasteiger partial charge < -0.3 is 19.9 Å². The van der Waals surface area contributed by atoms with Crippen LogP contribution in [0, 0.1) is 0 Å². The Balaban J connectivity index is 1.93. The van der Waals surface area contributed by atoms with Crippen LogP contribution in [0.3, 0.4) is 0 Å². The lowest BCUT2D eigenvalue weighted by Gasteiger charge is -2.37. The fourth-order valence-electron chi connectivity index (χ4n) is 3.00. The number of hydrogen-bond acceptors (Lipinski definition) is 8. The van der Waals surface area contributed by atoms with Gasteiger partial charge in [-0.05, 0) is 19.9 Å². The Labute approximate surface area is 133 Å². The molecule has 4 atom stereocenters. The van der Waals surface area contributed by atoms with Crippen LogP contribution in [-0.4, -0.2) is 53.7 Å². The highest BCUT2D eigenvalue weighted by Crippen LogP contribution is 2.42. The molecule has 2 aliphatic rings. The highest BCUT2D eigenvalue weighted by Gasteiger charge is 2.60. The van der Waals surface area contributed by atoms with Crippen molar-refractivity contribution in [3.8, 4) is 0 Å². The fourth-order valence-corrected chi connectivity index (χ4v) is 3.00. The molecule has 9 nitrogen and oxygen atoms in total. The molecule has 23 heavy (non-hydrogen) atoms. The van der Waals surface area contributed by atoms with E-state index in [0.29, 0.717) is 13.2 Å². The zero-order valence-electron chi connectivity index (χ0n) is 13.4. The lowest BCUT2D eigenvalue weighted by atomic mass is 9.94.